The van der Waals surface area contributed by atoms with Gasteiger partial charge in [0.2, 0.25) is 21.8 Å². The maximum absolute atomic E-state index is 15.1. The SMILES string of the molecule is CC(C)COC(=O)N[C@H]1CCCCC/C=C\[C@@H]2C[C@@]2(C(=O)NS(=O)(=O)C2(C)CC2)NC(=O)[C@@H]2C[C@]3(CCc4c(c(C(F)(F)F)nc5ccc(OCC6CCN(C(=O)OC(C)(C)C)CC6)cc45)O3)CN2C1=O. The van der Waals surface area contributed by atoms with Crippen molar-refractivity contribution in [2.24, 2.45) is 17.8 Å². The Balaban J connectivity index is 1.08. The van der Waals surface area contributed by atoms with E-state index < -0.39 is 90.9 Å². The standard InChI is InChI=1S/C50H67F3N6O11S/c1-30(2)27-68-44(63)55-37-13-11-9-7-8-10-12-32-25-49(32,43(62)57-71(65,66)47(6)20-21-47)56-41(60)38-26-48(29-59(38)42(37)61)19-16-34-35-24-33(14-15-36(35)54-40(39(34)69-48)50(51,52)53)67-28-31-17-22-58(23-18-31)45(64)70-46(3,4)5/h10,12,14-15,24,30-32,37-38H,7-9,11,13,16-23,25-29H2,1-6H3,(H,55,63)(H,56,60)(H,57,62)/b12-10-/t32-,37+,38+,48-,49-/m1/s1. The number of carbonyl (C=O) groups excluding carboxylic acids is 5. The monoisotopic (exact) mass is 1020 g/mol. The van der Waals surface area contributed by atoms with Gasteiger partial charge in [-0.2, -0.15) is 13.2 Å². The highest BCUT2D eigenvalue weighted by atomic mass is 32.2. The molecule has 71 heavy (non-hydrogen) atoms. The van der Waals surface area contributed by atoms with E-state index in [1.54, 1.807) is 23.1 Å². The van der Waals surface area contributed by atoms with Crippen LogP contribution >= 0.6 is 0 Å². The number of nitrogens with one attached hydrogen (secondary N) is 3. The molecule has 2 saturated heterocycles. The number of halogens is 3. The second-order valence-corrected chi connectivity index (χ2v) is 24.2. The van der Waals surface area contributed by atoms with E-state index in [1.165, 1.54) is 17.9 Å². The van der Waals surface area contributed by atoms with Crippen molar-refractivity contribution in [2.45, 2.75) is 165 Å². The molecule has 2 aliphatic carbocycles. The number of piperidine rings is 1. The molecule has 5 amide bonds. The molecule has 4 fully saturated rings. The summed E-state index contributed by atoms with van der Waals surface area (Å²) in [5.74, 6) is -3.05. The van der Waals surface area contributed by atoms with Crippen LogP contribution in [0, 0.1) is 17.8 Å². The second kappa shape index (κ2) is 19.6. The van der Waals surface area contributed by atoms with Gasteiger partial charge in [-0.1, -0.05) is 38.8 Å². The summed E-state index contributed by atoms with van der Waals surface area (Å²) in [6.45, 7) is 11.7. The lowest BCUT2D eigenvalue weighted by Gasteiger charge is -2.37. The van der Waals surface area contributed by atoms with E-state index in [2.05, 4.69) is 20.3 Å². The first-order chi connectivity index (χ1) is 33.3. The number of likely N-dealkylation sites (tertiary alicyclic amines) is 1. The summed E-state index contributed by atoms with van der Waals surface area (Å²) < 4.78 is 96.7. The van der Waals surface area contributed by atoms with Crippen molar-refractivity contribution in [3.8, 4) is 11.5 Å². The molecule has 1 spiro atoms. The third-order valence-corrected chi connectivity index (χ3v) is 16.8. The zero-order chi connectivity index (χ0) is 51.3. The first-order valence-corrected chi connectivity index (χ1v) is 26.4. The lowest BCUT2D eigenvalue weighted by atomic mass is 9.87. The Morgan fingerprint density at radius 2 is 1.75 bits per heavy atom. The molecule has 8 rings (SSSR count). The summed E-state index contributed by atoms with van der Waals surface area (Å²) in [4.78, 5) is 76.5. The number of ether oxygens (including phenoxy) is 4. The first kappa shape index (κ1) is 52.0. The maximum Gasteiger partial charge on any atom is 0.437 e. The molecule has 3 N–H and O–H groups in total. The van der Waals surface area contributed by atoms with Gasteiger partial charge in [0.25, 0.3) is 5.91 Å². The molecule has 1 aromatic heterocycles. The number of nitrogens with zero attached hydrogens (tertiary/aromatic N) is 3. The molecule has 17 nitrogen and oxygen atoms in total. The number of aromatic nitrogens is 1. The molecule has 4 aliphatic heterocycles. The van der Waals surface area contributed by atoms with Crippen LogP contribution in [0.2, 0.25) is 0 Å². The lowest BCUT2D eigenvalue weighted by Crippen LogP contribution is -2.58. The van der Waals surface area contributed by atoms with Gasteiger partial charge in [0, 0.05) is 36.4 Å². The maximum atomic E-state index is 15.1. The molecule has 5 heterocycles. The van der Waals surface area contributed by atoms with E-state index in [0.717, 1.165) is 0 Å². The van der Waals surface area contributed by atoms with Crippen molar-refractivity contribution in [3.05, 3.63) is 41.6 Å². The minimum atomic E-state index is -4.98. The summed E-state index contributed by atoms with van der Waals surface area (Å²) in [5.41, 5.74) is -4.87. The van der Waals surface area contributed by atoms with Crippen LogP contribution in [-0.4, -0.2) is 120 Å². The molecule has 1 aromatic carbocycles. The number of alkyl carbamates (subject to hydrolysis) is 1. The third-order valence-electron chi connectivity index (χ3n) is 14.6. The Hall–Kier alpha value is -5.34. The van der Waals surface area contributed by atoms with Crippen molar-refractivity contribution in [1.82, 2.24) is 30.1 Å². The van der Waals surface area contributed by atoms with Crippen LogP contribution in [0.1, 0.15) is 130 Å². The number of rotatable bonds is 9. The van der Waals surface area contributed by atoms with Crippen LogP contribution in [0.15, 0.2) is 30.4 Å². The van der Waals surface area contributed by atoms with E-state index >= 15 is 13.2 Å². The number of sulfonamides is 1. The minimum Gasteiger partial charge on any atom is -0.493 e. The number of fused-ring (bicyclic) bond motifs is 5. The summed E-state index contributed by atoms with van der Waals surface area (Å²) in [6, 6.07) is 2.05. The quantitative estimate of drug-likeness (QED) is 0.215. The van der Waals surface area contributed by atoms with Crippen LogP contribution < -0.4 is 24.8 Å². The van der Waals surface area contributed by atoms with Gasteiger partial charge in [0.05, 0.1) is 30.0 Å². The fourth-order valence-electron chi connectivity index (χ4n) is 10.0. The van der Waals surface area contributed by atoms with E-state index in [0.29, 0.717) is 82.2 Å². The summed E-state index contributed by atoms with van der Waals surface area (Å²) in [5, 5.41) is 5.87. The number of carbonyl (C=O) groups is 5. The van der Waals surface area contributed by atoms with Crippen molar-refractivity contribution >= 4 is 50.8 Å². The normalized spacial score (nSPS) is 27.5. The van der Waals surface area contributed by atoms with Crippen LogP contribution in [-0.2, 0) is 46.5 Å². The summed E-state index contributed by atoms with van der Waals surface area (Å²) in [7, 11) is -4.12. The molecule has 6 aliphatic rings. The zero-order valence-electron chi connectivity index (χ0n) is 41.4. The van der Waals surface area contributed by atoms with Gasteiger partial charge < -0.3 is 39.4 Å². The molecule has 2 aromatic rings. The number of pyridine rings is 1. The van der Waals surface area contributed by atoms with Gasteiger partial charge in [-0.15, -0.1) is 0 Å². The number of aryl methyl sites for hydroxylation is 1. The van der Waals surface area contributed by atoms with Crippen LogP contribution in [0.4, 0.5) is 22.8 Å². The first-order valence-electron chi connectivity index (χ1n) is 24.9. The Labute approximate surface area is 412 Å². The number of allylic oxidation sites excluding steroid dienone is 1. The highest BCUT2D eigenvalue weighted by molar-refractivity contribution is 7.91. The highest BCUT2D eigenvalue weighted by Crippen LogP contribution is 2.51. The predicted molar refractivity (Wildman–Crippen MR) is 254 cm³/mol. The average molecular weight is 1020 g/mol. The Morgan fingerprint density at radius 1 is 1.01 bits per heavy atom. The Kier molecular flexibility index (Phi) is 14.3. The van der Waals surface area contributed by atoms with Crippen molar-refractivity contribution in [1.29, 1.82) is 0 Å². The summed E-state index contributed by atoms with van der Waals surface area (Å²) >= 11 is 0. The molecule has 390 valence electrons. The van der Waals surface area contributed by atoms with Crippen LogP contribution in [0.5, 0.6) is 11.5 Å². The predicted octanol–water partition coefficient (Wildman–Crippen LogP) is 7.09. The van der Waals surface area contributed by atoms with Gasteiger partial charge in [-0.05, 0) is 122 Å². The van der Waals surface area contributed by atoms with Gasteiger partial charge in [0.1, 0.15) is 34.6 Å². The Bertz CT molecular complexity index is 2560. The molecule has 21 heteroatoms. The largest absolute Gasteiger partial charge is 0.493 e. The topological polar surface area (TPSA) is 212 Å². The van der Waals surface area contributed by atoms with Gasteiger partial charge in [0.15, 0.2) is 11.4 Å². The molecule has 5 atom stereocenters. The van der Waals surface area contributed by atoms with E-state index in [-0.39, 0.29) is 74.3 Å². The van der Waals surface area contributed by atoms with Gasteiger partial charge in [-0.25, -0.2) is 23.0 Å². The second-order valence-electron chi connectivity index (χ2n) is 22.0. The van der Waals surface area contributed by atoms with E-state index in [1.807, 2.05) is 40.7 Å². The van der Waals surface area contributed by atoms with Gasteiger partial charge in [-0.3, -0.25) is 19.1 Å². The average Bonchev–Trinajstić information content (AvgIpc) is 4.19. The minimum absolute atomic E-state index is 0.0116. The highest BCUT2D eigenvalue weighted by Gasteiger charge is 2.64. The molecule has 0 bridgehead atoms. The fourth-order valence-corrected chi connectivity index (χ4v) is 11.4. The number of amides is 5. The smallest absolute Gasteiger partial charge is 0.437 e. The summed E-state index contributed by atoms with van der Waals surface area (Å²) in [6.07, 6.45) is 1.97. The van der Waals surface area contributed by atoms with Crippen molar-refractivity contribution < 1.29 is 64.5 Å². The van der Waals surface area contributed by atoms with E-state index in [4.69, 9.17) is 18.9 Å². The van der Waals surface area contributed by atoms with E-state index in [9.17, 15) is 32.4 Å². The lowest BCUT2D eigenvalue weighted by molar-refractivity contribution is -0.144. The van der Waals surface area contributed by atoms with Crippen molar-refractivity contribution in [3.63, 3.8) is 0 Å². The zero-order valence-corrected chi connectivity index (χ0v) is 42.2. The number of hydrogen-bond donors (Lipinski definition) is 3. The molecule has 0 unspecified atom stereocenters. The molecular formula is C50H67F3N6O11S. The fraction of sp³-hybridized carbons (Fsp3) is 0.680. The number of hydrogen-bond acceptors (Lipinski definition) is 12. The van der Waals surface area contributed by atoms with Crippen molar-refractivity contribution in [2.75, 3.05) is 32.8 Å². The molecular weight excluding hydrogens is 950 g/mol. The number of benzene rings is 1. The molecule has 2 saturated carbocycles. The Morgan fingerprint density at radius 3 is 2.42 bits per heavy atom. The van der Waals surface area contributed by atoms with Crippen LogP contribution in [0.25, 0.3) is 10.9 Å². The van der Waals surface area contributed by atoms with Crippen LogP contribution in [0.3, 0.4) is 0 Å². The van der Waals surface area contributed by atoms with Gasteiger partial charge >= 0.3 is 18.4 Å². The molecule has 0 radical (unpaired) electrons. The number of alkyl halides is 3. The third kappa shape index (κ3) is 11.5.